The van der Waals surface area contributed by atoms with Crippen LogP contribution >= 0.6 is 0 Å². The van der Waals surface area contributed by atoms with Crippen LogP contribution in [0.4, 0.5) is 0 Å². The molecule has 0 spiro atoms. The van der Waals surface area contributed by atoms with E-state index in [1.807, 2.05) is 12.4 Å². The number of nitrogens with zero attached hydrogens (tertiary/aromatic N) is 7. The highest BCUT2D eigenvalue weighted by Crippen LogP contribution is 2.54. The Labute approximate surface area is 471 Å². The molecule has 0 N–H and O–H groups in total. The third-order valence-electron chi connectivity index (χ3n) is 16.7. The van der Waals surface area contributed by atoms with E-state index in [4.69, 9.17) is 15.0 Å². The number of benzene rings is 11. The van der Waals surface area contributed by atoms with Crippen molar-refractivity contribution in [3.8, 4) is 67.8 Å². The van der Waals surface area contributed by atoms with Gasteiger partial charge in [-0.25, -0.2) is 9.97 Å². The van der Waals surface area contributed by atoms with Gasteiger partial charge in [0.1, 0.15) is 0 Å². The molecule has 0 aliphatic heterocycles. The van der Waals surface area contributed by atoms with Gasteiger partial charge in [-0.05, 0) is 72.3 Å². The summed E-state index contributed by atoms with van der Waals surface area (Å²) in [6.45, 7) is 0. The fourth-order valence-corrected chi connectivity index (χ4v) is 13.3. The summed E-state index contributed by atoms with van der Waals surface area (Å²) in [6.07, 6.45) is 3.86. The normalized spacial score (nSPS) is 11.9. The number of para-hydroxylation sites is 8. The molecule has 382 valence electrons. The number of hydrogen-bond acceptors (Lipinski definition) is 3. The molecule has 17 rings (SSSR count). The van der Waals surface area contributed by atoms with Gasteiger partial charge in [0.25, 0.3) is 0 Å². The van der Waals surface area contributed by atoms with Crippen LogP contribution in [-0.2, 0) is 0 Å². The number of fused-ring (bicyclic) bond motifs is 12. The van der Waals surface area contributed by atoms with Gasteiger partial charge in [-0.3, -0.25) is 4.98 Å². The van der Waals surface area contributed by atoms with Gasteiger partial charge in [0.05, 0.1) is 78.3 Å². The van der Waals surface area contributed by atoms with Crippen molar-refractivity contribution in [2.24, 2.45) is 0 Å². The summed E-state index contributed by atoms with van der Waals surface area (Å²) in [5, 5.41) is 9.20. The zero-order chi connectivity index (χ0) is 53.8. The minimum absolute atomic E-state index is 0.620. The van der Waals surface area contributed by atoms with Crippen LogP contribution in [0.3, 0.4) is 0 Å². The standard InChI is InChI=1S/C75H47N7/c1-3-23-48(24-4-1)59-47-60(78-75(77-59)50-25-5-2-6-26-50)70-69(49-43-45-76-46-44-49)71(79-61-35-15-7-27-51(61)52-28-8-16-36-62(52)79)73(81-65-39-19-11-31-55(65)56-32-12-20-40-66(56)81)74(82-67-41-21-13-33-57(67)58-34-14-22-42-68(58)82)72(70)80-63-37-17-9-29-53(63)54-30-10-18-38-64(54)80/h1-47H. The topological polar surface area (TPSA) is 58.4 Å². The van der Waals surface area contributed by atoms with Crippen molar-refractivity contribution in [1.82, 2.24) is 33.2 Å². The van der Waals surface area contributed by atoms with E-state index in [2.05, 4.69) is 291 Å². The van der Waals surface area contributed by atoms with Gasteiger partial charge in [0.2, 0.25) is 0 Å². The third kappa shape index (κ3) is 6.74. The van der Waals surface area contributed by atoms with Crippen molar-refractivity contribution < 1.29 is 0 Å². The van der Waals surface area contributed by atoms with Crippen LogP contribution in [0.25, 0.3) is 155 Å². The largest absolute Gasteiger partial charge is 0.306 e. The van der Waals surface area contributed by atoms with Crippen molar-refractivity contribution in [3.05, 3.63) is 285 Å². The molecule has 0 saturated carbocycles. The lowest BCUT2D eigenvalue weighted by atomic mass is 9.90. The molecule has 7 heteroatoms. The Balaban J connectivity index is 1.26. The van der Waals surface area contributed by atoms with Crippen molar-refractivity contribution >= 4 is 87.2 Å². The van der Waals surface area contributed by atoms with Crippen LogP contribution in [-0.4, -0.2) is 33.2 Å². The van der Waals surface area contributed by atoms with Crippen LogP contribution in [0, 0.1) is 0 Å². The van der Waals surface area contributed by atoms with Crippen LogP contribution in [0.15, 0.2) is 285 Å². The first kappa shape index (κ1) is 45.8. The van der Waals surface area contributed by atoms with Crippen LogP contribution < -0.4 is 0 Å². The summed E-state index contributed by atoms with van der Waals surface area (Å²) in [5.41, 5.74) is 18.8. The maximum Gasteiger partial charge on any atom is 0.160 e. The fourth-order valence-electron chi connectivity index (χ4n) is 13.3. The van der Waals surface area contributed by atoms with Crippen LogP contribution in [0.5, 0.6) is 0 Å². The molecule has 0 radical (unpaired) electrons. The van der Waals surface area contributed by atoms with Gasteiger partial charge < -0.3 is 18.3 Å². The van der Waals surface area contributed by atoms with E-state index in [1.54, 1.807) is 0 Å². The van der Waals surface area contributed by atoms with Gasteiger partial charge in [-0.2, -0.15) is 0 Å². The highest BCUT2D eigenvalue weighted by Gasteiger charge is 2.36. The van der Waals surface area contributed by atoms with Crippen molar-refractivity contribution in [2.75, 3.05) is 0 Å². The van der Waals surface area contributed by atoms with Gasteiger partial charge >= 0.3 is 0 Å². The second-order valence-corrected chi connectivity index (χ2v) is 21.1. The minimum Gasteiger partial charge on any atom is -0.306 e. The Kier molecular flexibility index (Phi) is 10.2. The Bertz CT molecular complexity index is 5120. The molecule has 17 aromatic rings. The minimum atomic E-state index is 0.620. The summed E-state index contributed by atoms with van der Waals surface area (Å²) < 4.78 is 10.2. The fraction of sp³-hybridized carbons (Fsp3) is 0. The lowest BCUT2D eigenvalue weighted by Gasteiger charge is -2.31. The van der Waals surface area contributed by atoms with Gasteiger partial charge in [-0.1, -0.05) is 206 Å². The predicted octanol–water partition coefficient (Wildman–Crippen LogP) is 18.9. The molecule has 0 bridgehead atoms. The average molecular weight is 1050 g/mol. The SMILES string of the molecule is c1ccc(-c2cc(-c3c(-c4ccncc4)c(-n4c5ccccc5c5ccccc54)c(-n4c5ccccc5c5ccccc54)c(-n4c5ccccc5c5ccccc54)c3-n3c4ccccc4c4ccccc43)nc(-c3ccccc3)n2)cc1. The molecule has 6 heterocycles. The Hall–Kier alpha value is -11.2. The molecule has 82 heavy (non-hydrogen) atoms. The molecule has 0 unspecified atom stereocenters. The van der Waals surface area contributed by atoms with Crippen molar-refractivity contribution in [2.45, 2.75) is 0 Å². The van der Waals surface area contributed by atoms with E-state index < -0.39 is 0 Å². The van der Waals surface area contributed by atoms with E-state index in [0.29, 0.717) is 5.82 Å². The zero-order valence-electron chi connectivity index (χ0n) is 44.3. The molecule has 0 atom stereocenters. The average Bonchev–Trinajstić information content (AvgIpc) is 2.21. The van der Waals surface area contributed by atoms with Crippen molar-refractivity contribution in [1.29, 1.82) is 0 Å². The highest BCUT2D eigenvalue weighted by molar-refractivity contribution is 6.18. The summed E-state index contributed by atoms with van der Waals surface area (Å²) in [7, 11) is 0. The first-order valence-electron chi connectivity index (χ1n) is 27.9. The smallest absolute Gasteiger partial charge is 0.160 e. The first-order chi connectivity index (χ1) is 40.8. The highest BCUT2D eigenvalue weighted by atomic mass is 15.1. The van der Waals surface area contributed by atoms with Gasteiger partial charge in [0.15, 0.2) is 5.82 Å². The van der Waals surface area contributed by atoms with Gasteiger partial charge in [-0.15, -0.1) is 0 Å². The summed E-state index contributed by atoms with van der Waals surface area (Å²) >= 11 is 0. The first-order valence-corrected chi connectivity index (χ1v) is 27.9. The zero-order valence-corrected chi connectivity index (χ0v) is 44.3. The summed E-state index contributed by atoms with van der Waals surface area (Å²) in [5.74, 6) is 0.620. The molecule has 0 aliphatic rings. The Morgan fingerprint density at radius 2 is 0.500 bits per heavy atom. The van der Waals surface area contributed by atoms with Crippen molar-refractivity contribution in [3.63, 3.8) is 0 Å². The summed E-state index contributed by atoms with van der Waals surface area (Å²) in [4.78, 5) is 16.2. The molecular formula is C75H47N7. The molecule has 7 nitrogen and oxygen atoms in total. The molecule has 0 aliphatic carbocycles. The monoisotopic (exact) mass is 1050 g/mol. The van der Waals surface area contributed by atoms with E-state index >= 15 is 0 Å². The maximum atomic E-state index is 5.94. The summed E-state index contributed by atoms with van der Waals surface area (Å²) in [6, 6.07) is 98.8. The maximum absolute atomic E-state index is 5.94. The molecular weight excluding hydrogens is 999 g/mol. The second kappa shape index (κ2) is 18.2. The van der Waals surface area contributed by atoms with E-state index in [9.17, 15) is 0 Å². The molecule has 0 saturated heterocycles. The van der Waals surface area contributed by atoms with E-state index in [1.165, 1.54) is 0 Å². The molecule has 11 aromatic carbocycles. The Morgan fingerprint density at radius 3 is 0.854 bits per heavy atom. The van der Waals surface area contributed by atoms with E-state index in [-0.39, 0.29) is 0 Å². The lowest BCUT2D eigenvalue weighted by Crippen LogP contribution is -2.17. The van der Waals surface area contributed by atoms with Gasteiger partial charge in [0, 0.05) is 77.7 Å². The Morgan fingerprint density at radius 1 is 0.220 bits per heavy atom. The lowest BCUT2D eigenvalue weighted by molar-refractivity contribution is 1.02. The van der Waals surface area contributed by atoms with Crippen LogP contribution in [0.2, 0.25) is 0 Å². The second-order valence-electron chi connectivity index (χ2n) is 21.1. The molecule has 0 amide bonds. The number of hydrogen-bond donors (Lipinski definition) is 0. The third-order valence-corrected chi connectivity index (χ3v) is 16.7. The quantitative estimate of drug-likeness (QED) is 0.152. The van der Waals surface area contributed by atoms with Crippen LogP contribution in [0.1, 0.15) is 0 Å². The number of rotatable bonds is 8. The molecule has 6 aromatic heterocycles. The molecule has 0 fully saturated rings. The number of aromatic nitrogens is 7. The van der Waals surface area contributed by atoms with E-state index in [0.717, 1.165) is 149 Å². The number of pyridine rings is 1. The predicted molar refractivity (Wildman–Crippen MR) is 339 cm³/mol.